The van der Waals surface area contributed by atoms with Crippen LogP contribution in [0.3, 0.4) is 0 Å². The quantitative estimate of drug-likeness (QED) is 0.754. The zero-order valence-corrected chi connectivity index (χ0v) is 15.1. The van der Waals surface area contributed by atoms with Crippen molar-refractivity contribution in [3.05, 3.63) is 47.0 Å². The van der Waals surface area contributed by atoms with Crippen LogP contribution < -0.4 is 0 Å². The number of aromatic nitrogens is 4. The van der Waals surface area contributed by atoms with E-state index in [2.05, 4.69) is 20.2 Å². The smallest absolute Gasteiger partial charge is 0.223 e. The summed E-state index contributed by atoms with van der Waals surface area (Å²) in [5, 5.41) is 7.28. The maximum atomic E-state index is 12.9. The summed E-state index contributed by atoms with van der Waals surface area (Å²) in [6, 6.07) is 7.83. The lowest BCUT2D eigenvalue weighted by molar-refractivity contribution is -0.140. The second-order valence-corrected chi connectivity index (χ2v) is 6.73. The summed E-state index contributed by atoms with van der Waals surface area (Å²) >= 11 is 0. The van der Waals surface area contributed by atoms with E-state index in [0.29, 0.717) is 32.6 Å². The number of hydrogen-bond acceptors (Lipinski definition) is 4. The number of nitrogens with zero attached hydrogens (tertiary/aromatic N) is 3. The summed E-state index contributed by atoms with van der Waals surface area (Å²) in [6.45, 7) is 5.64. The van der Waals surface area contributed by atoms with Crippen LogP contribution >= 0.6 is 0 Å². The molecule has 2 N–H and O–H groups in total. The number of H-pyrrole nitrogens is 2. The fourth-order valence-electron chi connectivity index (χ4n) is 3.68. The molecular weight excluding hydrogens is 330 g/mol. The lowest BCUT2D eigenvalue weighted by Crippen LogP contribution is -2.43. The SMILES string of the molecule is Cc1n[nH]c(C)c1C1COCCN1C(=O)CCc1nc2ccccc2[nH]1. The molecule has 1 aliphatic heterocycles. The van der Waals surface area contributed by atoms with Crippen molar-refractivity contribution >= 4 is 16.9 Å². The van der Waals surface area contributed by atoms with Crippen molar-refractivity contribution in [2.75, 3.05) is 19.8 Å². The van der Waals surface area contributed by atoms with Crippen LogP contribution in [-0.2, 0) is 16.0 Å². The molecule has 1 fully saturated rings. The molecule has 7 nitrogen and oxygen atoms in total. The van der Waals surface area contributed by atoms with Crippen molar-refractivity contribution in [3.8, 4) is 0 Å². The van der Waals surface area contributed by atoms with Crippen LogP contribution in [0.1, 0.15) is 35.2 Å². The lowest BCUT2D eigenvalue weighted by atomic mass is 10.0. The normalized spacial score (nSPS) is 17.8. The average Bonchev–Trinajstić information content (AvgIpc) is 3.22. The van der Waals surface area contributed by atoms with Crippen LogP contribution in [-0.4, -0.2) is 50.7 Å². The first-order chi connectivity index (χ1) is 12.6. The molecule has 0 saturated carbocycles. The van der Waals surface area contributed by atoms with Gasteiger partial charge < -0.3 is 14.6 Å². The van der Waals surface area contributed by atoms with Crippen LogP contribution in [0.5, 0.6) is 0 Å². The van der Waals surface area contributed by atoms with Gasteiger partial charge in [0.15, 0.2) is 0 Å². The number of rotatable bonds is 4. The predicted octanol–water partition coefficient (Wildman–Crippen LogP) is 2.44. The maximum Gasteiger partial charge on any atom is 0.223 e. The molecule has 4 rings (SSSR count). The fraction of sp³-hybridized carbons (Fsp3) is 0.421. The molecule has 1 atom stereocenters. The third kappa shape index (κ3) is 3.10. The first-order valence-electron chi connectivity index (χ1n) is 8.96. The molecule has 1 aromatic carbocycles. The Morgan fingerprint density at radius 1 is 1.35 bits per heavy atom. The zero-order chi connectivity index (χ0) is 18.1. The third-order valence-electron chi connectivity index (χ3n) is 4.98. The van der Waals surface area contributed by atoms with Crippen LogP contribution in [0, 0.1) is 13.8 Å². The predicted molar refractivity (Wildman–Crippen MR) is 97.7 cm³/mol. The number of amides is 1. The summed E-state index contributed by atoms with van der Waals surface area (Å²) in [5.74, 6) is 0.971. The van der Waals surface area contributed by atoms with E-state index in [1.54, 1.807) is 0 Å². The second kappa shape index (κ2) is 6.92. The summed E-state index contributed by atoms with van der Waals surface area (Å²) in [4.78, 5) is 22.7. The van der Waals surface area contributed by atoms with Gasteiger partial charge in [0, 0.05) is 30.6 Å². The average molecular weight is 353 g/mol. The molecule has 26 heavy (non-hydrogen) atoms. The number of benzene rings is 1. The van der Waals surface area contributed by atoms with Crippen molar-refractivity contribution in [1.82, 2.24) is 25.1 Å². The summed E-state index contributed by atoms with van der Waals surface area (Å²) in [7, 11) is 0. The molecule has 1 saturated heterocycles. The largest absolute Gasteiger partial charge is 0.377 e. The van der Waals surface area contributed by atoms with Crippen molar-refractivity contribution in [3.63, 3.8) is 0 Å². The van der Waals surface area contributed by atoms with Gasteiger partial charge in [-0.15, -0.1) is 0 Å². The Morgan fingerprint density at radius 2 is 2.19 bits per heavy atom. The second-order valence-electron chi connectivity index (χ2n) is 6.73. The van der Waals surface area contributed by atoms with E-state index in [0.717, 1.165) is 33.8 Å². The number of hydrogen-bond donors (Lipinski definition) is 2. The maximum absolute atomic E-state index is 12.9. The van der Waals surface area contributed by atoms with E-state index in [9.17, 15) is 4.79 Å². The van der Waals surface area contributed by atoms with E-state index < -0.39 is 0 Å². The van der Waals surface area contributed by atoms with E-state index in [1.807, 2.05) is 43.0 Å². The van der Waals surface area contributed by atoms with Gasteiger partial charge in [0.1, 0.15) is 5.82 Å². The van der Waals surface area contributed by atoms with E-state index in [4.69, 9.17) is 4.74 Å². The number of fused-ring (bicyclic) bond motifs is 1. The van der Waals surface area contributed by atoms with Gasteiger partial charge in [0.2, 0.25) is 5.91 Å². The number of nitrogens with one attached hydrogen (secondary N) is 2. The fourth-order valence-corrected chi connectivity index (χ4v) is 3.68. The topological polar surface area (TPSA) is 86.9 Å². The standard InChI is InChI=1S/C19H23N5O2/c1-12-19(13(2)23-22-12)16-11-26-10-9-24(16)18(25)8-7-17-20-14-5-3-4-6-15(14)21-17/h3-6,16H,7-11H2,1-2H3,(H,20,21)(H,22,23). The Hall–Kier alpha value is -2.67. The monoisotopic (exact) mass is 353 g/mol. The summed E-state index contributed by atoms with van der Waals surface area (Å²) in [5.41, 5.74) is 4.93. The summed E-state index contributed by atoms with van der Waals surface area (Å²) < 4.78 is 5.64. The number of carbonyl (C=O) groups is 1. The molecule has 1 unspecified atom stereocenters. The Morgan fingerprint density at radius 3 is 2.96 bits per heavy atom. The van der Waals surface area contributed by atoms with Gasteiger partial charge in [-0.2, -0.15) is 5.10 Å². The van der Waals surface area contributed by atoms with Gasteiger partial charge in [-0.05, 0) is 26.0 Å². The minimum atomic E-state index is -0.0781. The first kappa shape index (κ1) is 16.8. The van der Waals surface area contributed by atoms with Gasteiger partial charge in [-0.1, -0.05) is 12.1 Å². The molecule has 7 heteroatoms. The highest BCUT2D eigenvalue weighted by Gasteiger charge is 2.31. The Labute approximate surface area is 151 Å². The number of imidazole rings is 1. The molecule has 3 aromatic rings. The molecule has 136 valence electrons. The van der Waals surface area contributed by atoms with Gasteiger partial charge in [-0.3, -0.25) is 9.89 Å². The van der Waals surface area contributed by atoms with Crippen LogP contribution in [0.25, 0.3) is 11.0 Å². The highest BCUT2D eigenvalue weighted by atomic mass is 16.5. The molecule has 0 spiro atoms. The minimum Gasteiger partial charge on any atom is -0.377 e. The van der Waals surface area contributed by atoms with Crippen LogP contribution in [0.4, 0.5) is 0 Å². The van der Waals surface area contributed by atoms with Crippen LogP contribution in [0.15, 0.2) is 24.3 Å². The number of morpholine rings is 1. The number of ether oxygens (including phenoxy) is 1. The van der Waals surface area contributed by atoms with E-state index in [-0.39, 0.29) is 11.9 Å². The molecule has 1 aliphatic rings. The van der Waals surface area contributed by atoms with E-state index >= 15 is 0 Å². The number of aryl methyl sites for hydroxylation is 3. The molecule has 3 heterocycles. The summed E-state index contributed by atoms with van der Waals surface area (Å²) in [6.07, 6.45) is 1.02. The van der Waals surface area contributed by atoms with Gasteiger partial charge >= 0.3 is 0 Å². The number of carbonyl (C=O) groups excluding carboxylic acids is 1. The zero-order valence-electron chi connectivity index (χ0n) is 15.1. The van der Waals surface area contributed by atoms with Crippen molar-refractivity contribution in [2.45, 2.75) is 32.7 Å². The number of aromatic amines is 2. The van der Waals surface area contributed by atoms with Gasteiger partial charge in [0.05, 0.1) is 36.0 Å². The Balaban J connectivity index is 1.48. The first-order valence-corrected chi connectivity index (χ1v) is 8.96. The molecule has 0 radical (unpaired) electrons. The molecule has 1 amide bonds. The molecule has 0 bridgehead atoms. The Kier molecular flexibility index (Phi) is 4.46. The van der Waals surface area contributed by atoms with Crippen molar-refractivity contribution in [1.29, 1.82) is 0 Å². The highest BCUT2D eigenvalue weighted by Crippen LogP contribution is 2.29. The third-order valence-corrected chi connectivity index (χ3v) is 4.98. The molecule has 2 aromatic heterocycles. The lowest BCUT2D eigenvalue weighted by Gasteiger charge is -2.36. The Bertz CT molecular complexity index is 877. The van der Waals surface area contributed by atoms with E-state index in [1.165, 1.54) is 0 Å². The number of para-hydroxylation sites is 2. The molecule has 0 aliphatic carbocycles. The molecular formula is C19H23N5O2. The van der Waals surface area contributed by atoms with Crippen molar-refractivity contribution < 1.29 is 9.53 Å². The van der Waals surface area contributed by atoms with Crippen molar-refractivity contribution in [2.24, 2.45) is 0 Å². The highest BCUT2D eigenvalue weighted by molar-refractivity contribution is 5.78. The van der Waals surface area contributed by atoms with Crippen LogP contribution in [0.2, 0.25) is 0 Å². The minimum absolute atomic E-state index is 0.0781. The van der Waals surface area contributed by atoms with Gasteiger partial charge in [-0.25, -0.2) is 4.98 Å². The van der Waals surface area contributed by atoms with Gasteiger partial charge in [0.25, 0.3) is 0 Å².